The first-order chi connectivity index (χ1) is 10.1. The molecule has 0 bridgehead atoms. The summed E-state index contributed by atoms with van der Waals surface area (Å²) >= 11 is 0. The van der Waals surface area contributed by atoms with Gasteiger partial charge in [0.15, 0.2) is 0 Å². The number of benzene rings is 1. The zero-order chi connectivity index (χ0) is 15.1. The van der Waals surface area contributed by atoms with Crippen molar-refractivity contribution in [3.05, 3.63) is 54.3 Å². The van der Waals surface area contributed by atoms with Crippen molar-refractivity contribution in [2.24, 2.45) is 20.5 Å². The Balaban J connectivity index is 2.06. The molecule has 2 rings (SSSR count). The zero-order valence-corrected chi connectivity index (χ0v) is 11.9. The highest BCUT2D eigenvalue weighted by molar-refractivity contribution is 5.73. The summed E-state index contributed by atoms with van der Waals surface area (Å²) in [7, 11) is 1.52. The molecule has 0 fully saturated rings. The molecule has 108 valence electrons. The summed E-state index contributed by atoms with van der Waals surface area (Å²) in [6.07, 6.45) is 5.76. The van der Waals surface area contributed by atoms with Crippen molar-refractivity contribution in [1.29, 1.82) is 0 Å². The molecule has 0 saturated heterocycles. The van der Waals surface area contributed by atoms with E-state index in [1.807, 2.05) is 36.4 Å². The van der Waals surface area contributed by atoms with Crippen molar-refractivity contribution >= 4 is 11.6 Å². The van der Waals surface area contributed by atoms with Crippen molar-refractivity contribution in [3.63, 3.8) is 0 Å². The SMILES string of the molecule is COC1(N=NC(C)=O)C=CC(N=Nc2ccccc2)=CC1. The van der Waals surface area contributed by atoms with Crippen LogP contribution < -0.4 is 0 Å². The van der Waals surface area contributed by atoms with Crippen LogP contribution in [0.15, 0.2) is 74.7 Å². The molecule has 0 heterocycles. The molecular weight excluding hydrogens is 268 g/mol. The van der Waals surface area contributed by atoms with Crippen LogP contribution in [0.3, 0.4) is 0 Å². The molecule has 1 aromatic carbocycles. The second-order valence-corrected chi connectivity index (χ2v) is 4.47. The van der Waals surface area contributed by atoms with E-state index in [4.69, 9.17) is 4.74 Å². The lowest BCUT2D eigenvalue weighted by Gasteiger charge is -2.24. The van der Waals surface area contributed by atoms with Crippen LogP contribution >= 0.6 is 0 Å². The largest absolute Gasteiger partial charge is 0.352 e. The summed E-state index contributed by atoms with van der Waals surface area (Å²) in [5.74, 6) is -0.363. The number of hydrogen-bond acceptors (Lipinski definition) is 5. The Labute approximate surface area is 122 Å². The Morgan fingerprint density at radius 2 is 2.00 bits per heavy atom. The van der Waals surface area contributed by atoms with Crippen LogP contribution in [0.1, 0.15) is 13.3 Å². The molecule has 0 spiro atoms. The average Bonchev–Trinajstić information content (AvgIpc) is 2.53. The molecule has 6 heteroatoms. The minimum absolute atomic E-state index is 0.363. The average molecular weight is 284 g/mol. The first-order valence-electron chi connectivity index (χ1n) is 6.48. The van der Waals surface area contributed by atoms with Crippen LogP contribution in [0.25, 0.3) is 0 Å². The zero-order valence-electron chi connectivity index (χ0n) is 11.9. The lowest BCUT2D eigenvalue weighted by molar-refractivity contribution is -0.116. The summed E-state index contributed by atoms with van der Waals surface area (Å²) < 4.78 is 5.32. The number of amides is 1. The fourth-order valence-electron chi connectivity index (χ4n) is 1.71. The minimum Gasteiger partial charge on any atom is -0.352 e. The molecule has 0 radical (unpaired) electrons. The molecule has 0 N–H and O–H groups in total. The molecule has 1 unspecified atom stereocenters. The number of hydrogen-bond donors (Lipinski definition) is 0. The fourth-order valence-corrected chi connectivity index (χ4v) is 1.71. The molecule has 0 saturated carbocycles. The van der Waals surface area contributed by atoms with E-state index in [1.54, 1.807) is 12.2 Å². The Morgan fingerprint density at radius 3 is 2.57 bits per heavy atom. The predicted molar refractivity (Wildman–Crippen MR) is 78.1 cm³/mol. The van der Waals surface area contributed by atoms with Gasteiger partial charge >= 0.3 is 0 Å². The molecule has 1 amide bonds. The Kier molecular flexibility index (Phi) is 4.84. The molecule has 0 aliphatic heterocycles. The number of azo groups is 2. The van der Waals surface area contributed by atoms with Gasteiger partial charge < -0.3 is 4.74 Å². The third kappa shape index (κ3) is 4.25. The van der Waals surface area contributed by atoms with Crippen LogP contribution in [0, 0.1) is 0 Å². The first kappa shape index (κ1) is 14.9. The van der Waals surface area contributed by atoms with Crippen LogP contribution in [-0.4, -0.2) is 18.7 Å². The maximum absolute atomic E-state index is 10.9. The van der Waals surface area contributed by atoms with Gasteiger partial charge in [-0.05, 0) is 24.3 Å². The molecule has 6 nitrogen and oxygen atoms in total. The Morgan fingerprint density at radius 1 is 1.24 bits per heavy atom. The topological polar surface area (TPSA) is 75.7 Å². The van der Waals surface area contributed by atoms with E-state index in [1.165, 1.54) is 14.0 Å². The minimum atomic E-state index is -0.933. The van der Waals surface area contributed by atoms with Gasteiger partial charge in [0.1, 0.15) is 0 Å². The first-order valence-corrected chi connectivity index (χ1v) is 6.48. The van der Waals surface area contributed by atoms with E-state index < -0.39 is 5.72 Å². The molecule has 1 aliphatic carbocycles. The van der Waals surface area contributed by atoms with Gasteiger partial charge in [-0.15, -0.1) is 10.2 Å². The highest BCUT2D eigenvalue weighted by atomic mass is 16.5. The predicted octanol–water partition coefficient (Wildman–Crippen LogP) is 3.96. The van der Waals surface area contributed by atoms with Crippen LogP contribution in [0.2, 0.25) is 0 Å². The molecular formula is C15H16N4O2. The van der Waals surface area contributed by atoms with Gasteiger partial charge in [-0.1, -0.05) is 24.3 Å². The lowest BCUT2D eigenvalue weighted by Crippen LogP contribution is -2.26. The lowest BCUT2D eigenvalue weighted by atomic mass is 10.0. The number of carbonyl (C=O) groups is 1. The van der Waals surface area contributed by atoms with Gasteiger partial charge in [0, 0.05) is 20.5 Å². The summed E-state index contributed by atoms with van der Waals surface area (Å²) in [5.41, 5.74) is 0.563. The Hall–Kier alpha value is -2.47. The van der Waals surface area contributed by atoms with E-state index in [9.17, 15) is 4.79 Å². The number of allylic oxidation sites excluding steroid dienone is 1. The highest BCUT2D eigenvalue weighted by Gasteiger charge is 2.28. The van der Waals surface area contributed by atoms with E-state index in [-0.39, 0.29) is 5.91 Å². The maximum Gasteiger partial charge on any atom is 0.261 e. The monoisotopic (exact) mass is 284 g/mol. The fraction of sp³-hybridized carbons (Fsp3) is 0.267. The smallest absolute Gasteiger partial charge is 0.261 e. The molecule has 1 aliphatic rings. The van der Waals surface area contributed by atoms with Crippen molar-refractivity contribution < 1.29 is 9.53 Å². The second-order valence-electron chi connectivity index (χ2n) is 4.47. The van der Waals surface area contributed by atoms with Crippen LogP contribution in [-0.2, 0) is 9.53 Å². The van der Waals surface area contributed by atoms with Gasteiger partial charge in [-0.2, -0.15) is 10.2 Å². The number of carbonyl (C=O) groups excluding carboxylic acids is 1. The van der Waals surface area contributed by atoms with Gasteiger partial charge in [0.25, 0.3) is 5.91 Å². The quantitative estimate of drug-likeness (QED) is 0.785. The van der Waals surface area contributed by atoms with Crippen molar-refractivity contribution in [1.82, 2.24) is 0 Å². The van der Waals surface area contributed by atoms with Gasteiger partial charge in [0.2, 0.25) is 5.72 Å². The summed E-state index contributed by atoms with van der Waals surface area (Å²) in [6, 6.07) is 9.47. The third-order valence-corrected chi connectivity index (χ3v) is 2.87. The number of methoxy groups -OCH3 is 1. The van der Waals surface area contributed by atoms with Crippen molar-refractivity contribution in [2.75, 3.05) is 7.11 Å². The molecule has 21 heavy (non-hydrogen) atoms. The highest BCUT2D eigenvalue weighted by Crippen LogP contribution is 2.27. The summed E-state index contributed by atoms with van der Waals surface area (Å²) in [4.78, 5) is 10.9. The number of nitrogens with zero attached hydrogens (tertiary/aromatic N) is 4. The maximum atomic E-state index is 10.9. The third-order valence-electron chi connectivity index (χ3n) is 2.87. The van der Waals surface area contributed by atoms with Gasteiger partial charge in [0.05, 0.1) is 11.4 Å². The Bertz CT molecular complexity index is 620. The normalized spacial score (nSPS) is 21.9. The summed E-state index contributed by atoms with van der Waals surface area (Å²) in [6.45, 7) is 1.34. The van der Waals surface area contributed by atoms with E-state index in [0.717, 1.165) is 5.69 Å². The van der Waals surface area contributed by atoms with Crippen LogP contribution in [0.4, 0.5) is 5.69 Å². The van der Waals surface area contributed by atoms with Gasteiger partial charge in [-0.25, -0.2) is 0 Å². The van der Waals surface area contributed by atoms with E-state index in [2.05, 4.69) is 20.5 Å². The van der Waals surface area contributed by atoms with Crippen molar-refractivity contribution in [3.8, 4) is 0 Å². The van der Waals surface area contributed by atoms with Gasteiger partial charge in [-0.3, -0.25) is 4.79 Å². The summed E-state index contributed by atoms with van der Waals surface area (Å²) in [5, 5.41) is 15.8. The standard InChI is InChI=1S/C15H16N4O2/c1-12(20)16-19-15(21-2)10-8-14(9-11-15)18-17-13-6-4-3-5-7-13/h3-10H,11H2,1-2H3. The van der Waals surface area contributed by atoms with E-state index in [0.29, 0.717) is 12.1 Å². The van der Waals surface area contributed by atoms with E-state index >= 15 is 0 Å². The number of rotatable bonds is 4. The van der Waals surface area contributed by atoms with Crippen molar-refractivity contribution in [2.45, 2.75) is 19.1 Å². The van der Waals surface area contributed by atoms with Crippen LogP contribution in [0.5, 0.6) is 0 Å². The second kappa shape index (κ2) is 6.81. The molecule has 1 atom stereocenters. The number of ether oxygens (including phenoxy) is 1. The molecule has 1 aromatic rings. The molecule has 0 aromatic heterocycles.